The molecule has 0 aliphatic carbocycles. The zero-order valence-electron chi connectivity index (χ0n) is 5.79. The smallest absolute Gasteiger partial charge is 0.0403 e. The molecule has 0 spiro atoms. The van der Waals surface area contributed by atoms with Gasteiger partial charge in [-0.25, -0.2) is 0 Å². The van der Waals surface area contributed by atoms with Crippen LogP contribution in [0.4, 0.5) is 0 Å². The zero-order valence-corrected chi connectivity index (χ0v) is 6.60. The minimum Gasteiger partial charge on any atom is -0.261 e. The predicted octanol–water partition coefficient (Wildman–Crippen LogP) is 2.21. The molecule has 1 nitrogen and oxygen atoms in total. The van der Waals surface area contributed by atoms with Crippen molar-refractivity contribution in [3.05, 3.63) is 30.1 Å². The van der Waals surface area contributed by atoms with Crippen molar-refractivity contribution in [2.75, 3.05) is 5.75 Å². The van der Waals surface area contributed by atoms with Gasteiger partial charge in [0, 0.05) is 17.6 Å². The highest BCUT2D eigenvalue weighted by atomic mass is 32.1. The monoisotopic (exact) mass is 152 g/mol. The van der Waals surface area contributed by atoms with Crippen molar-refractivity contribution in [2.24, 2.45) is 0 Å². The van der Waals surface area contributed by atoms with E-state index in [0.717, 1.165) is 24.3 Å². The highest BCUT2D eigenvalue weighted by molar-refractivity contribution is 7.80. The molecule has 1 heterocycles. The van der Waals surface area contributed by atoms with Gasteiger partial charge < -0.3 is 0 Å². The van der Waals surface area contributed by atoms with Gasteiger partial charge in [-0.05, 0) is 25.0 Å². The van der Waals surface area contributed by atoms with E-state index >= 15 is 0 Å². The van der Waals surface area contributed by atoms with Crippen LogP contribution in [0.1, 0.15) is 12.1 Å². The maximum absolute atomic E-state index is 4.82. The van der Waals surface area contributed by atoms with E-state index < -0.39 is 0 Å². The first-order valence-corrected chi connectivity index (χ1v) is 3.99. The Balaban J connectivity index is 2.43. The molecule has 2 heteroatoms. The Bertz CT molecular complexity index is 174. The lowest BCUT2D eigenvalue weighted by molar-refractivity contribution is 0.894. The molecule has 1 aromatic heterocycles. The fraction of sp³-hybridized carbons (Fsp3) is 0.375. The van der Waals surface area contributed by atoms with Gasteiger partial charge in [0.05, 0.1) is 0 Å². The van der Waals surface area contributed by atoms with Gasteiger partial charge in [0.2, 0.25) is 0 Å². The van der Waals surface area contributed by atoms with E-state index in [1.807, 2.05) is 24.4 Å². The molecule has 0 saturated carbocycles. The molecule has 0 atom stereocenters. The van der Waals surface area contributed by atoms with Crippen molar-refractivity contribution in [3.63, 3.8) is 0 Å². The Hall–Kier alpha value is -0.500. The Kier molecular flexibility index (Phi) is 3.30. The van der Waals surface area contributed by atoms with Crippen molar-refractivity contribution in [1.29, 1.82) is 0 Å². The van der Waals surface area contributed by atoms with Crippen LogP contribution in [0.25, 0.3) is 0 Å². The van der Waals surface area contributed by atoms with E-state index in [2.05, 4.69) is 4.98 Å². The maximum atomic E-state index is 4.82. The molecule has 0 amide bonds. The van der Waals surface area contributed by atoms with Crippen LogP contribution >= 0.6 is 12.6 Å². The van der Waals surface area contributed by atoms with Crippen molar-refractivity contribution in [1.82, 2.24) is 4.98 Å². The summed E-state index contributed by atoms with van der Waals surface area (Å²) >= 11 is 4.82. The minimum atomic E-state index is 0.830. The van der Waals surface area contributed by atoms with Crippen LogP contribution in [0.5, 0.6) is 0 Å². The molecule has 1 radical (unpaired) electrons. The van der Waals surface area contributed by atoms with Gasteiger partial charge >= 0.3 is 0 Å². The normalized spacial score (nSPS) is 9.70. The number of hydrogen-bond acceptors (Lipinski definition) is 1. The van der Waals surface area contributed by atoms with Crippen molar-refractivity contribution in [3.8, 4) is 0 Å². The summed E-state index contributed by atoms with van der Waals surface area (Å²) in [4.78, 5) is 4.17. The molecule has 1 aromatic rings. The first-order chi connectivity index (χ1) is 4.93. The van der Waals surface area contributed by atoms with Crippen LogP contribution in [0.3, 0.4) is 0 Å². The summed E-state index contributed by atoms with van der Waals surface area (Å²) < 4.78 is 0. The molecule has 0 unspecified atom stereocenters. The Morgan fingerprint density at radius 2 is 2.30 bits per heavy atom. The third-order valence-corrected chi connectivity index (χ3v) is 1.59. The van der Waals surface area contributed by atoms with Crippen LogP contribution in [0.15, 0.2) is 24.4 Å². The summed E-state index contributed by atoms with van der Waals surface area (Å²) in [7, 11) is 0. The number of aromatic nitrogens is 1. The number of hydrogen-bond donors (Lipinski definition) is 0. The Labute approximate surface area is 66.9 Å². The highest BCUT2D eigenvalue weighted by Crippen LogP contribution is 1.98. The molecule has 0 fully saturated rings. The van der Waals surface area contributed by atoms with Crippen LogP contribution in [0.2, 0.25) is 0 Å². The number of rotatable bonds is 3. The summed E-state index contributed by atoms with van der Waals surface area (Å²) in [5.41, 5.74) is 1.15. The lowest BCUT2D eigenvalue weighted by Gasteiger charge is -1.94. The molecule has 0 saturated heterocycles. The molecular weight excluding hydrogens is 142 g/mol. The molecule has 10 heavy (non-hydrogen) atoms. The van der Waals surface area contributed by atoms with Crippen molar-refractivity contribution >= 4 is 12.6 Å². The molecule has 53 valence electrons. The van der Waals surface area contributed by atoms with Gasteiger partial charge in [-0.3, -0.25) is 4.98 Å². The first-order valence-electron chi connectivity index (χ1n) is 3.41. The average molecular weight is 152 g/mol. The third kappa shape index (κ3) is 2.40. The molecule has 1 rings (SSSR count). The number of aryl methyl sites for hydroxylation is 1. The van der Waals surface area contributed by atoms with Crippen LogP contribution < -0.4 is 0 Å². The first kappa shape index (κ1) is 7.61. The lowest BCUT2D eigenvalue weighted by Crippen LogP contribution is -1.88. The average Bonchev–Trinajstić information content (AvgIpc) is 2.03. The van der Waals surface area contributed by atoms with Gasteiger partial charge in [0.25, 0.3) is 0 Å². The van der Waals surface area contributed by atoms with Crippen LogP contribution in [-0.4, -0.2) is 10.7 Å². The molecule has 0 bridgehead atoms. The fourth-order valence-electron chi connectivity index (χ4n) is 0.799. The number of pyridine rings is 1. The maximum Gasteiger partial charge on any atom is 0.0403 e. The molecular formula is C8H10NS. The van der Waals surface area contributed by atoms with Gasteiger partial charge in [0.1, 0.15) is 0 Å². The Morgan fingerprint density at radius 1 is 1.40 bits per heavy atom. The standard InChI is InChI=1S/C8H10NS/c10-7-3-5-8-4-1-2-6-9-8/h1-2,4,6H,3,5,7H2. The van der Waals surface area contributed by atoms with E-state index in [0.29, 0.717) is 0 Å². The summed E-state index contributed by atoms with van der Waals surface area (Å²) in [5.74, 6) is 0.830. The van der Waals surface area contributed by atoms with Crippen molar-refractivity contribution < 1.29 is 0 Å². The van der Waals surface area contributed by atoms with Gasteiger partial charge in [0.15, 0.2) is 0 Å². The summed E-state index contributed by atoms with van der Waals surface area (Å²) in [6, 6.07) is 5.97. The van der Waals surface area contributed by atoms with Crippen LogP contribution in [0, 0.1) is 0 Å². The van der Waals surface area contributed by atoms with Gasteiger partial charge in [-0.15, -0.1) is 0 Å². The molecule has 0 aliphatic rings. The predicted molar refractivity (Wildman–Crippen MR) is 45.0 cm³/mol. The van der Waals surface area contributed by atoms with E-state index in [1.54, 1.807) is 0 Å². The summed E-state index contributed by atoms with van der Waals surface area (Å²) in [5, 5.41) is 0. The quantitative estimate of drug-likeness (QED) is 0.647. The van der Waals surface area contributed by atoms with Gasteiger partial charge in [-0.1, -0.05) is 18.7 Å². The van der Waals surface area contributed by atoms with Gasteiger partial charge in [-0.2, -0.15) is 0 Å². The second-order valence-electron chi connectivity index (χ2n) is 2.13. The van der Waals surface area contributed by atoms with E-state index in [-0.39, 0.29) is 0 Å². The van der Waals surface area contributed by atoms with Crippen LogP contribution in [-0.2, 0) is 6.42 Å². The highest BCUT2D eigenvalue weighted by Gasteiger charge is 1.89. The number of nitrogens with zero attached hydrogens (tertiary/aromatic N) is 1. The van der Waals surface area contributed by atoms with E-state index in [9.17, 15) is 0 Å². The second kappa shape index (κ2) is 4.34. The topological polar surface area (TPSA) is 12.9 Å². The lowest BCUT2D eigenvalue weighted by atomic mass is 10.2. The largest absolute Gasteiger partial charge is 0.261 e. The van der Waals surface area contributed by atoms with E-state index in [1.165, 1.54) is 0 Å². The van der Waals surface area contributed by atoms with E-state index in [4.69, 9.17) is 12.6 Å². The minimum absolute atomic E-state index is 0.830. The molecule has 0 N–H and O–H groups in total. The summed E-state index contributed by atoms with van der Waals surface area (Å²) in [6.07, 6.45) is 3.90. The molecule has 0 aromatic carbocycles. The second-order valence-corrected chi connectivity index (χ2v) is 2.54. The zero-order chi connectivity index (χ0) is 7.23. The SMILES string of the molecule is [S]CCCc1ccccn1. The molecule has 0 aliphatic heterocycles. The fourth-order valence-corrected chi connectivity index (χ4v) is 0.944. The Morgan fingerprint density at radius 3 is 2.90 bits per heavy atom. The third-order valence-electron chi connectivity index (χ3n) is 1.30. The summed E-state index contributed by atoms with van der Waals surface area (Å²) in [6.45, 7) is 0. The van der Waals surface area contributed by atoms with Crippen molar-refractivity contribution in [2.45, 2.75) is 12.8 Å².